The lowest BCUT2D eigenvalue weighted by Gasteiger charge is -2.21. The zero-order valence-corrected chi connectivity index (χ0v) is 16.1. The van der Waals surface area contributed by atoms with E-state index in [1.165, 1.54) is 13.0 Å². The number of imide groups is 1. The molecule has 0 aromatic heterocycles. The molecule has 2 atom stereocenters. The molecule has 150 valence electrons. The number of aryl methyl sites for hydroxylation is 1. The molecule has 28 heavy (non-hydrogen) atoms. The van der Waals surface area contributed by atoms with Crippen molar-refractivity contribution in [1.82, 2.24) is 15.5 Å². The maximum absolute atomic E-state index is 12.7. The molecular weight excluding hydrogens is 362 g/mol. The minimum absolute atomic E-state index is 0.244. The standard InChI is InChI=1S/C20H25N3O5/c1-4-12-21-17(25)14(2)28-16(24)13-23-18(26)20(3,22-19(23)27)11-10-15-8-6-5-7-9-15/h4-9,14H,1,10-13H2,2-3H3,(H,21,25)(H,22,27)/t14-,20-/m0/s1. The van der Waals surface area contributed by atoms with Crippen LogP contribution in [0.4, 0.5) is 4.79 Å². The van der Waals surface area contributed by atoms with Gasteiger partial charge in [-0.3, -0.25) is 19.3 Å². The number of nitrogens with one attached hydrogen (secondary N) is 2. The molecule has 0 bridgehead atoms. The third-order valence-electron chi connectivity index (χ3n) is 4.49. The Balaban J connectivity index is 1.92. The third kappa shape index (κ3) is 5.18. The van der Waals surface area contributed by atoms with Gasteiger partial charge in [-0.2, -0.15) is 0 Å². The highest BCUT2D eigenvalue weighted by Crippen LogP contribution is 2.23. The first-order chi connectivity index (χ1) is 13.3. The highest BCUT2D eigenvalue weighted by atomic mass is 16.5. The topological polar surface area (TPSA) is 105 Å². The van der Waals surface area contributed by atoms with Crippen LogP contribution < -0.4 is 10.6 Å². The summed E-state index contributed by atoms with van der Waals surface area (Å²) in [5.41, 5.74) is -0.0526. The number of benzene rings is 1. The first-order valence-corrected chi connectivity index (χ1v) is 9.03. The molecule has 0 saturated carbocycles. The number of esters is 1. The van der Waals surface area contributed by atoms with Gasteiger partial charge < -0.3 is 15.4 Å². The molecule has 1 saturated heterocycles. The Labute approximate surface area is 163 Å². The number of carbonyl (C=O) groups is 4. The fourth-order valence-electron chi connectivity index (χ4n) is 2.83. The normalized spacial score (nSPS) is 19.7. The van der Waals surface area contributed by atoms with E-state index in [2.05, 4.69) is 17.2 Å². The molecule has 0 radical (unpaired) electrons. The molecule has 2 rings (SSSR count). The number of urea groups is 1. The molecule has 1 aromatic rings. The summed E-state index contributed by atoms with van der Waals surface area (Å²) in [6.45, 7) is 6.21. The lowest BCUT2D eigenvalue weighted by molar-refractivity contribution is -0.156. The predicted octanol–water partition coefficient (Wildman–Crippen LogP) is 1.16. The summed E-state index contributed by atoms with van der Waals surface area (Å²) in [6, 6.07) is 8.95. The SMILES string of the molecule is C=CCNC(=O)[C@H](C)OC(=O)CN1C(=O)N[C@@](C)(CCc2ccccc2)C1=O. The number of carbonyl (C=O) groups excluding carboxylic acids is 4. The van der Waals surface area contributed by atoms with Gasteiger partial charge in [0.1, 0.15) is 12.1 Å². The van der Waals surface area contributed by atoms with Crippen molar-refractivity contribution in [2.45, 2.75) is 38.3 Å². The number of rotatable bonds is 9. The molecule has 4 amide bonds. The van der Waals surface area contributed by atoms with Crippen LogP contribution in [-0.2, 0) is 25.5 Å². The van der Waals surface area contributed by atoms with Gasteiger partial charge in [0, 0.05) is 6.54 Å². The van der Waals surface area contributed by atoms with Crippen LogP contribution >= 0.6 is 0 Å². The van der Waals surface area contributed by atoms with E-state index in [-0.39, 0.29) is 6.54 Å². The Hall–Kier alpha value is -3.16. The fourth-order valence-corrected chi connectivity index (χ4v) is 2.83. The second-order valence-electron chi connectivity index (χ2n) is 6.81. The van der Waals surface area contributed by atoms with Crippen molar-refractivity contribution in [2.24, 2.45) is 0 Å². The number of amides is 4. The summed E-state index contributed by atoms with van der Waals surface area (Å²) in [5, 5.41) is 5.15. The van der Waals surface area contributed by atoms with Gasteiger partial charge in [-0.1, -0.05) is 36.4 Å². The van der Waals surface area contributed by atoms with Gasteiger partial charge in [-0.25, -0.2) is 4.79 Å². The van der Waals surface area contributed by atoms with Gasteiger partial charge in [0.2, 0.25) is 0 Å². The van der Waals surface area contributed by atoms with E-state index in [1.807, 2.05) is 30.3 Å². The van der Waals surface area contributed by atoms with Crippen molar-refractivity contribution in [1.29, 1.82) is 0 Å². The summed E-state index contributed by atoms with van der Waals surface area (Å²) >= 11 is 0. The Kier molecular flexibility index (Phi) is 6.92. The monoisotopic (exact) mass is 387 g/mol. The number of nitrogens with zero attached hydrogens (tertiary/aromatic N) is 1. The Bertz CT molecular complexity index is 764. The van der Waals surface area contributed by atoms with E-state index in [0.29, 0.717) is 12.8 Å². The van der Waals surface area contributed by atoms with Gasteiger partial charge in [0.05, 0.1) is 0 Å². The quantitative estimate of drug-likeness (QED) is 0.376. The molecule has 0 unspecified atom stereocenters. The Morgan fingerprint density at radius 1 is 1.32 bits per heavy atom. The minimum atomic E-state index is -1.10. The van der Waals surface area contributed by atoms with Gasteiger partial charge in [-0.15, -0.1) is 6.58 Å². The molecule has 1 aliphatic heterocycles. The number of ether oxygens (including phenoxy) is 1. The number of hydrogen-bond donors (Lipinski definition) is 2. The molecule has 8 nitrogen and oxygen atoms in total. The average Bonchev–Trinajstić information content (AvgIpc) is 2.88. The predicted molar refractivity (Wildman–Crippen MR) is 102 cm³/mol. The molecule has 1 aromatic carbocycles. The first-order valence-electron chi connectivity index (χ1n) is 9.03. The second kappa shape index (κ2) is 9.16. The minimum Gasteiger partial charge on any atom is -0.451 e. The summed E-state index contributed by atoms with van der Waals surface area (Å²) in [6.07, 6.45) is 1.45. The van der Waals surface area contributed by atoms with Gasteiger partial charge >= 0.3 is 12.0 Å². The van der Waals surface area contributed by atoms with Crippen molar-refractivity contribution in [3.63, 3.8) is 0 Å². The van der Waals surface area contributed by atoms with Gasteiger partial charge in [0.15, 0.2) is 6.10 Å². The van der Waals surface area contributed by atoms with Crippen molar-refractivity contribution in [2.75, 3.05) is 13.1 Å². The van der Waals surface area contributed by atoms with Crippen LogP contribution in [0.3, 0.4) is 0 Å². The van der Waals surface area contributed by atoms with Crippen molar-refractivity contribution in [3.05, 3.63) is 48.6 Å². The zero-order valence-electron chi connectivity index (χ0n) is 16.1. The molecule has 1 aliphatic rings. The van der Waals surface area contributed by atoms with Crippen LogP contribution in [0.15, 0.2) is 43.0 Å². The van der Waals surface area contributed by atoms with Crippen LogP contribution in [0.2, 0.25) is 0 Å². The molecule has 2 N–H and O–H groups in total. The van der Waals surface area contributed by atoms with E-state index in [1.54, 1.807) is 6.92 Å². The smallest absolute Gasteiger partial charge is 0.327 e. The summed E-state index contributed by atoms with van der Waals surface area (Å²) in [7, 11) is 0. The van der Waals surface area contributed by atoms with E-state index >= 15 is 0 Å². The van der Waals surface area contributed by atoms with Crippen LogP contribution in [0, 0.1) is 0 Å². The van der Waals surface area contributed by atoms with Gasteiger partial charge in [0.25, 0.3) is 11.8 Å². The van der Waals surface area contributed by atoms with Crippen LogP contribution in [-0.4, -0.2) is 53.4 Å². The van der Waals surface area contributed by atoms with Gasteiger partial charge in [-0.05, 0) is 32.3 Å². The van der Waals surface area contributed by atoms with Crippen LogP contribution in [0.5, 0.6) is 0 Å². The third-order valence-corrected chi connectivity index (χ3v) is 4.49. The lowest BCUT2D eigenvalue weighted by atomic mass is 9.93. The first kappa shape index (κ1) is 21.1. The average molecular weight is 387 g/mol. The Morgan fingerprint density at radius 2 is 2.00 bits per heavy atom. The summed E-state index contributed by atoms with van der Waals surface area (Å²) < 4.78 is 5.01. The zero-order chi connectivity index (χ0) is 20.7. The largest absolute Gasteiger partial charge is 0.451 e. The van der Waals surface area contributed by atoms with Crippen molar-refractivity contribution in [3.8, 4) is 0 Å². The molecule has 0 spiro atoms. The van der Waals surface area contributed by atoms with Crippen LogP contribution in [0.1, 0.15) is 25.8 Å². The van der Waals surface area contributed by atoms with E-state index in [9.17, 15) is 19.2 Å². The summed E-state index contributed by atoms with van der Waals surface area (Å²) in [4.78, 5) is 49.5. The van der Waals surface area contributed by atoms with Crippen molar-refractivity contribution >= 4 is 23.8 Å². The van der Waals surface area contributed by atoms with E-state index < -0.39 is 42.0 Å². The summed E-state index contributed by atoms with van der Waals surface area (Å²) in [5.74, 6) is -1.82. The molecule has 1 fully saturated rings. The molecule has 8 heteroatoms. The Morgan fingerprint density at radius 3 is 2.64 bits per heavy atom. The highest BCUT2D eigenvalue weighted by molar-refractivity contribution is 6.08. The van der Waals surface area contributed by atoms with Crippen molar-refractivity contribution < 1.29 is 23.9 Å². The van der Waals surface area contributed by atoms with E-state index in [4.69, 9.17) is 4.74 Å². The molecular formula is C20H25N3O5. The number of hydrogen-bond acceptors (Lipinski definition) is 5. The fraction of sp³-hybridized carbons (Fsp3) is 0.400. The van der Waals surface area contributed by atoms with Crippen LogP contribution in [0.25, 0.3) is 0 Å². The second-order valence-corrected chi connectivity index (χ2v) is 6.81. The lowest BCUT2D eigenvalue weighted by Crippen LogP contribution is -2.45. The van der Waals surface area contributed by atoms with E-state index in [0.717, 1.165) is 10.5 Å². The highest BCUT2D eigenvalue weighted by Gasteiger charge is 2.48. The molecule has 0 aliphatic carbocycles. The maximum atomic E-state index is 12.7. The maximum Gasteiger partial charge on any atom is 0.327 e. The molecule has 1 heterocycles.